The van der Waals surface area contributed by atoms with E-state index in [1.807, 2.05) is 12.1 Å². The normalized spacial score (nSPS) is 17.6. The number of para-hydroxylation sites is 1. The van der Waals surface area contributed by atoms with E-state index >= 15 is 0 Å². The number of carbonyl (C=O) groups excluding carboxylic acids is 4. The molecule has 3 saturated heterocycles. The van der Waals surface area contributed by atoms with Crippen LogP contribution in [0.1, 0.15) is 77.1 Å². The maximum Gasteiger partial charge on any atom is 0.255 e. The van der Waals surface area contributed by atoms with Gasteiger partial charge in [0.25, 0.3) is 11.8 Å². The number of hydrogen-bond donors (Lipinski definition) is 5. The summed E-state index contributed by atoms with van der Waals surface area (Å²) >= 11 is 6.15. The van der Waals surface area contributed by atoms with E-state index in [2.05, 4.69) is 58.5 Å². The molecule has 8 rings (SSSR count). The highest BCUT2D eigenvalue weighted by molar-refractivity contribution is 6.33. The highest BCUT2D eigenvalue weighted by atomic mass is 35.5. The van der Waals surface area contributed by atoms with Gasteiger partial charge in [0.2, 0.25) is 17.8 Å². The third kappa shape index (κ3) is 10.7. The second-order valence-corrected chi connectivity index (χ2v) is 16.5. The van der Waals surface area contributed by atoms with E-state index in [0.29, 0.717) is 52.0 Å². The number of nitrogens with zero attached hydrogens (tertiary/aromatic N) is 4. The van der Waals surface area contributed by atoms with E-state index in [-0.39, 0.29) is 47.4 Å². The van der Waals surface area contributed by atoms with Crippen molar-refractivity contribution in [2.75, 3.05) is 53.6 Å². The average Bonchev–Trinajstić information content (AvgIpc) is 3.29. The molecule has 0 bridgehead atoms. The molecule has 1 unspecified atom stereocenters. The van der Waals surface area contributed by atoms with Crippen molar-refractivity contribution in [1.82, 2.24) is 25.5 Å². The number of benzene rings is 4. The lowest BCUT2D eigenvalue weighted by Gasteiger charge is -2.36. The van der Waals surface area contributed by atoms with Crippen LogP contribution in [0.4, 0.5) is 38.9 Å². The van der Waals surface area contributed by atoms with Gasteiger partial charge in [-0.05, 0) is 129 Å². The molecule has 1 atom stereocenters. The van der Waals surface area contributed by atoms with Crippen molar-refractivity contribution in [2.24, 2.45) is 5.92 Å². The molecule has 320 valence electrons. The van der Waals surface area contributed by atoms with Gasteiger partial charge < -0.3 is 31.1 Å². The molecule has 15 heteroatoms. The summed E-state index contributed by atoms with van der Waals surface area (Å²) in [6, 6.07) is 28.8. The molecule has 3 aliphatic heterocycles. The van der Waals surface area contributed by atoms with Crippen LogP contribution < -0.4 is 31.5 Å². The molecule has 5 N–H and O–H groups in total. The summed E-state index contributed by atoms with van der Waals surface area (Å²) in [7, 11) is 0. The second-order valence-electron chi connectivity index (χ2n) is 16.1. The van der Waals surface area contributed by atoms with Gasteiger partial charge in [0.05, 0.1) is 22.8 Å². The van der Waals surface area contributed by atoms with Crippen molar-refractivity contribution < 1.29 is 23.6 Å². The zero-order valence-electron chi connectivity index (χ0n) is 34.2. The lowest BCUT2D eigenvalue weighted by molar-refractivity contribution is -0.134. The Hall–Kier alpha value is -6.38. The van der Waals surface area contributed by atoms with E-state index < -0.39 is 5.82 Å². The second kappa shape index (κ2) is 19.6. The van der Waals surface area contributed by atoms with Gasteiger partial charge in [0.15, 0.2) is 11.6 Å². The Labute approximate surface area is 364 Å². The molecule has 4 heterocycles. The van der Waals surface area contributed by atoms with Crippen LogP contribution in [-0.2, 0) is 9.59 Å². The maximum atomic E-state index is 14.7. The summed E-state index contributed by atoms with van der Waals surface area (Å²) in [5.74, 6) is -0.956. The van der Waals surface area contributed by atoms with E-state index in [1.54, 1.807) is 72.8 Å². The van der Waals surface area contributed by atoms with Gasteiger partial charge in [-0.15, -0.1) is 0 Å². The summed E-state index contributed by atoms with van der Waals surface area (Å²) in [6.07, 6.45) is 7.28. The van der Waals surface area contributed by atoms with Crippen LogP contribution in [0.15, 0.2) is 103 Å². The molecule has 0 aliphatic carbocycles. The van der Waals surface area contributed by atoms with Crippen molar-refractivity contribution in [2.45, 2.75) is 56.9 Å². The maximum absolute atomic E-state index is 14.7. The topological polar surface area (TPSA) is 161 Å². The lowest BCUT2D eigenvalue weighted by atomic mass is 9.90. The largest absolute Gasteiger partial charge is 0.372 e. The monoisotopic (exact) mass is 857 g/mol. The fourth-order valence-corrected chi connectivity index (χ4v) is 8.47. The van der Waals surface area contributed by atoms with Crippen molar-refractivity contribution in [3.63, 3.8) is 0 Å². The summed E-state index contributed by atoms with van der Waals surface area (Å²) in [4.78, 5) is 63.0. The van der Waals surface area contributed by atoms with Gasteiger partial charge in [0.1, 0.15) is 0 Å². The number of halogens is 2. The molecule has 0 spiro atoms. The first-order valence-electron chi connectivity index (χ1n) is 21.2. The molecule has 0 radical (unpaired) electrons. The van der Waals surface area contributed by atoms with Crippen LogP contribution in [0.3, 0.4) is 0 Å². The number of hydrogen-bond acceptors (Lipinski definition) is 10. The van der Waals surface area contributed by atoms with Crippen molar-refractivity contribution in [3.8, 4) is 0 Å². The van der Waals surface area contributed by atoms with E-state index in [9.17, 15) is 23.6 Å². The van der Waals surface area contributed by atoms with Crippen LogP contribution in [0, 0.1) is 11.7 Å². The molecule has 5 aromatic rings. The van der Waals surface area contributed by atoms with Crippen molar-refractivity contribution in [1.29, 1.82) is 0 Å². The summed E-state index contributed by atoms with van der Waals surface area (Å²) in [5, 5.41) is 14.9. The minimum absolute atomic E-state index is 0.0484. The fourth-order valence-electron chi connectivity index (χ4n) is 8.29. The molecule has 0 saturated carbocycles. The SMILES string of the molecule is O=C1CCC(c2ccc(N3CCC(CCN4CCC(NC(=O)c5ccc(Nc6ncc(F)c(Nc7ccc(C(=O)Nc8ccccc8Cl)cc7)n6)cc5)CC4)CC3)cc2)C(=O)N1. The van der Waals surface area contributed by atoms with Crippen LogP contribution in [0.2, 0.25) is 5.02 Å². The summed E-state index contributed by atoms with van der Waals surface area (Å²) < 4.78 is 14.7. The summed E-state index contributed by atoms with van der Waals surface area (Å²) in [5.41, 5.74) is 4.74. The van der Waals surface area contributed by atoms with Crippen LogP contribution in [0.25, 0.3) is 0 Å². The van der Waals surface area contributed by atoms with Crippen molar-refractivity contribution in [3.05, 3.63) is 131 Å². The van der Waals surface area contributed by atoms with E-state index in [1.165, 1.54) is 12.1 Å². The van der Waals surface area contributed by atoms with Crippen molar-refractivity contribution >= 4 is 69.7 Å². The molecule has 3 aliphatic rings. The predicted octanol–water partition coefficient (Wildman–Crippen LogP) is 8.03. The highest BCUT2D eigenvalue weighted by Gasteiger charge is 2.29. The molecule has 13 nitrogen and oxygen atoms in total. The molecule has 4 aromatic carbocycles. The molecule has 62 heavy (non-hydrogen) atoms. The number of nitrogens with one attached hydrogen (secondary N) is 5. The molecular weight excluding hydrogens is 809 g/mol. The zero-order valence-corrected chi connectivity index (χ0v) is 35.0. The third-order valence-corrected chi connectivity index (χ3v) is 12.3. The molecular formula is C47H49ClFN9O4. The number of amides is 4. The Bertz CT molecular complexity index is 2380. The number of anilines is 6. The molecule has 4 amide bonds. The Balaban J connectivity index is 0.739. The number of likely N-dealkylation sites (tertiary alicyclic amines) is 1. The number of aromatic nitrogens is 2. The van der Waals surface area contributed by atoms with Gasteiger partial charge in [-0.3, -0.25) is 24.5 Å². The van der Waals surface area contributed by atoms with Crippen LogP contribution in [-0.4, -0.2) is 77.3 Å². The van der Waals surface area contributed by atoms with Gasteiger partial charge in [-0.1, -0.05) is 35.9 Å². The van der Waals surface area contributed by atoms with Gasteiger partial charge >= 0.3 is 0 Å². The van der Waals surface area contributed by atoms with E-state index in [4.69, 9.17) is 11.6 Å². The minimum Gasteiger partial charge on any atom is -0.372 e. The average molecular weight is 858 g/mol. The number of carbonyl (C=O) groups is 4. The quantitative estimate of drug-likeness (QED) is 0.0734. The van der Waals surface area contributed by atoms with E-state index in [0.717, 1.165) is 70.2 Å². The lowest BCUT2D eigenvalue weighted by Crippen LogP contribution is -2.45. The fraction of sp³-hybridized carbons (Fsp3) is 0.319. The highest BCUT2D eigenvalue weighted by Crippen LogP contribution is 2.30. The van der Waals surface area contributed by atoms with Crippen LogP contribution in [0.5, 0.6) is 0 Å². The van der Waals surface area contributed by atoms with Gasteiger partial charge in [0, 0.05) is 66.8 Å². The van der Waals surface area contributed by atoms with Gasteiger partial charge in [-0.2, -0.15) is 4.98 Å². The third-order valence-electron chi connectivity index (χ3n) is 12.0. The standard InChI is InChI=1S/C47H49ClFN9O4/c48-39-3-1-2-4-41(39)54-45(61)33-5-11-34(12-6-33)51-43-40(49)29-50-47(56-43)53-35-13-7-32(8-14-35)44(60)52-36-22-25-57(26-23-36)24-19-30-20-27-58(28-21-30)37-15-9-31(10-16-37)38-17-18-42(59)55-46(38)62/h1-16,29-30,36,38H,17-28H2,(H,52,60)(H,54,61)(H,55,59,62)(H2,50,51,53,56). The molecule has 1 aromatic heterocycles. The molecule has 3 fully saturated rings. The number of piperidine rings is 3. The Morgan fingerprint density at radius 2 is 1.44 bits per heavy atom. The zero-order chi connectivity index (χ0) is 43.0. The number of imide groups is 1. The smallest absolute Gasteiger partial charge is 0.255 e. The number of rotatable bonds is 13. The Morgan fingerprint density at radius 1 is 0.774 bits per heavy atom. The Kier molecular flexibility index (Phi) is 13.3. The first kappa shape index (κ1) is 42.3. The van der Waals surface area contributed by atoms with Crippen LogP contribution >= 0.6 is 11.6 Å². The first-order valence-corrected chi connectivity index (χ1v) is 21.6. The minimum atomic E-state index is -0.652. The predicted molar refractivity (Wildman–Crippen MR) is 239 cm³/mol. The first-order chi connectivity index (χ1) is 30.1. The Morgan fingerprint density at radius 3 is 2.11 bits per heavy atom. The van der Waals surface area contributed by atoms with Gasteiger partial charge in [-0.25, -0.2) is 9.37 Å². The summed E-state index contributed by atoms with van der Waals surface area (Å²) in [6.45, 7) is 5.00.